The minimum Gasteiger partial charge on any atom is -0.493 e. The van der Waals surface area contributed by atoms with Crippen molar-refractivity contribution in [1.82, 2.24) is 5.43 Å². The molecule has 0 atom stereocenters. The number of hydrogen-bond donors (Lipinski definition) is 1. The SMILES string of the molecule is C#CCOc1c(Br)cc(/C=N/NC(=O)c2ccc(OC)c(OC)c2)cc1OCC. The van der Waals surface area contributed by atoms with Crippen LogP contribution in [0.1, 0.15) is 22.8 Å². The number of ether oxygens (including phenoxy) is 4. The number of hydrazone groups is 1. The first-order valence-electron chi connectivity index (χ1n) is 8.62. The molecule has 29 heavy (non-hydrogen) atoms. The molecule has 7 nitrogen and oxygen atoms in total. The van der Waals surface area contributed by atoms with Gasteiger partial charge in [0.1, 0.15) is 6.61 Å². The van der Waals surface area contributed by atoms with E-state index in [-0.39, 0.29) is 12.5 Å². The maximum absolute atomic E-state index is 12.3. The molecular weight excluding hydrogens is 440 g/mol. The smallest absolute Gasteiger partial charge is 0.271 e. The Hall–Kier alpha value is -3.18. The maximum Gasteiger partial charge on any atom is 0.271 e. The molecule has 2 aromatic rings. The molecule has 1 N–H and O–H groups in total. The largest absolute Gasteiger partial charge is 0.493 e. The molecule has 0 bridgehead atoms. The molecule has 0 unspecified atom stereocenters. The molecule has 2 aromatic carbocycles. The lowest BCUT2D eigenvalue weighted by atomic mass is 10.2. The second-order valence-electron chi connectivity index (χ2n) is 5.52. The molecule has 2 rings (SSSR count). The van der Waals surface area contributed by atoms with Crippen molar-refractivity contribution in [3.05, 3.63) is 45.9 Å². The molecule has 8 heteroatoms. The van der Waals surface area contributed by atoms with Crippen molar-refractivity contribution in [3.63, 3.8) is 0 Å². The molecule has 152 valence electrons. The summed E-state index contributed by atoms with van der Waals surface area (Å²) in [6.45, 7) is 2.44. The summed E-state index contributed by atoms with van der Waals surface area (Å²) >= 11 is 3.44. The summed E-state index contributed by atoms with van der Waals surface area (Å²) in [5.74, 6) is 4.05. The molecule has 0 saturated heterocycles. The van der Waals surface area contributed by atoms with Gasteiger partial charge in [-0.25, -0.2) is 5.43 Å². The third kappa shape index (κ3) is 5.90. The third-order valence-electron chi connectivity index (χ3n) is 3.66. The van der Waals surface area contributed by atoms with E-state index < -0.39 is 0 Å². The Kier molecular flexibility index (Phi) is 8.37. The molecule has 0 aromatic heterocycles. The van der Waals surface area contributed by atoms with Gasteiger partial charge >= 0.3 is 0 Å². The number of rotatable bonds is 9. The summed E-state index contributed by atoms with van der Waals surface area (Å²) in [6.07, 6.45) is 6.75. The Bertz CT molecular complexity index is 937. The van der Waals surface area contributed by atoms with Crippen LogP contribution in [-0.2, 0) is 0 Å². The summed E-state index contributed by atoms with van der Waals surface area (Å²) in [5, 5.41) is 4.00. The first-order valence-corrected chi connectivity index (χ1v) is 9.41. The molecule has 1 amide bonds. The lowest BCUT2D eigenvalue weighted by Crippen LogP contribution is -2.17. The van der Waals surface area contributed by atoms with Crippen LogP contribution in [-0.4, -0.2) is 39.6 Å². The fraction of sp³-hybridized carbons (Fsp3) is 0.238. The van der Waals surface area contributed by atoms with E-state index in [9.17, 15) is 4.79 Å². The lowest BCUT2D eigenvalue weighted by Gasteiger charge is -2.13. The van der Waals surface area contributed by atoms with Crippen LogP contribution >= 0.6 is 15.9 Å². The van der Waals surface area contributed by atoms with Gasteiger partial charge in [-0.3, -0.25) is 4.79 Å². The number of carbonyl (C=O) groups is 1. The highest BCUT2D eigenvalue weighted by atomic mass is 79.9. The average molecular weight is 461 g/mol. The van der Waals surface area contributed by atoms with Crippen LogP contribution < -0.4 is 24.4 Å². The van der Waals surface area contributed by atoms with Crippen molar-refractivity contribution in [2.75, 3.05) is 27.4 Å². The van der Waals surface area contributed by atoms with E-state index in [1.165, 1.54) is 20.4 Å². The molecule has 0 fully saturated rings. The van der Waals surface area contributed by atoms with Gasteiger partial charge in [-0.1, -0.05) is 5.92 Å². The van der Waals surface area contributed by atoms with Crippen LogP contribution in [0.4, 0.5) is 0 Å². The van der Waals surface area contributed by atoms with Crippen LogP contribution in [0.15, 0.2) is 39.9 Å². The number of benzene rings is 2. The van der Waals surface area contributed by atoms with Crippen molar-refractivity contribution >= 4 is 28.1 Å². The first-order chi connectivity index (χ1) is 14.0. The first kappa shape index (κ1) is 22.1. The number of methoxy groups -OCH3 is 2. The molecular formula is C21H21BrN2O5. The monoisotopic (exact) mass is 460 g/mol. The highest BCUT2D eigenvalue weighted by Crippen LogP contribution is 2.36. The molecule has 0 aliphatic carbocycles. The number of amides is 1. The summed E-state index contributed by atoms with van der Waals surface area (Å²) in [7, 11) is 3.03. The minimum absolute atomic E-state index is 0.119. The van der Waals surface area contributed by atoms with Crippen molar-refractivity contribution in [3.8, 4) is 35.3 Å². The highest BCUT2D eigenvalue weighted by molar-refractivity contribution is 9.10. The van der Waals surface area contributed by atoms with Crippen molar-refractivity contribution in [1.29, 1.82) is 0 Å². The van der Waals surface area contributed by atoms with Gasteiger partial charge < -0.3 is 18.9 Å². The van der Waals surface area contributed by atoms with E-state index in [4.69, 9.17) is 25.4 Å². The Morgan fingerprint density at radius 2 is 1.93 bits per heavy atom. The number of halogens is 1. The number of terminal acetylenes is 1. The van der Waals surface area contributed by atoms with Crippen molar-refractivity contribution < 1.29 is 23.7 Å². The molecule has 0 spiro atoms. The van der Waals surface area contributed by atoms with Gasteiger partial charge in [0.15, 0.2) is 23.0 Å². The van der Waals surface area contributed by atoms with E-state index >= 15 is 0 Å². The molecule has 0 aliphatic heterocycles. The molecule has 0 saturated carbocycles. The zero-order valence-corrected chi connectivity index (χ0v) is 17.9. The van der Waals surface area contributed by atoms with Gasteiger partial charge in [0.25, 0.3) is 5.91 Å². The van der Waals surface area contributed by atoms with Gasteiger partial charge in [0, 0.05) is 5.56 Å². The van der Waals surface area contributed by atoms with E-state index in [0.717, 1.165) is 0 Å². The number of hydrogen-bond acceptors (Lipinski definition) is 6. The Labute approximate surface area is 178 Å². The van der Waals surface area contributed by atoms with Gasteiger partial charge in [0.2, 0.25) is 0 Å². The second kappa shape index (κ2) is 11.0. The summed E-state index contributed by atoms with van der Waals surface area (Å²) in [4.78, 5) is 12.3. The Morgan fingerprint density at radius 3 is 2.59 bits per heavy atom. The van der Waals surface area contributed by atoms with Crippen LogP contribution in [0, 0.1) is 12.3 Å². The van der Waals surface area contributed by atoms with E-state index in [1.807, 2.05) is 6.92 Å². The third-order valence-corrected chi connectivity index (χ3v) is 4.25. The van der Waals surface area contributed by atoms with E-state index in [2.05, 4.69) is 32.4 Å². The van der Waals surface area contributed by atoms with E-state index in [1.54, 1.807) is 30.3 Å². The van der Waals surface area contributed by atoms with E-state index in [0.29, 0.717) is 45.2 Å². The summed E-state index contributed by atoms with van der Waals surface area (Å²) in [5.41, 5.74) is 3.56. The second-order valence-corrected chi connectivity index (χ2v) is 6.38. The Morgan fingerprint density at radius 1 is 1.17 bits per heavy atom. The van der Waals surface area contributed by atoms with Gasteiger partial charge in [-0.15, -0.1) is 6.42 Å². The van der Waals surface area contributed by atoms with Gasteiger partial charge in [-0.05, 0) is 58.7 Å². The highest BCUT2D eigenvalue weighted by Gasteiger charge is 2.12. The predicted octanol–water partition coefficient (Wildman–Crippen LogP) is 3.64. The topological polar surface area (TPSA) is 78.4 Å². The van der Waals surface area contributed by atoms with Crippen LogP contribution in [0.25, 0.3) is 0 Å². The normalized spacial score (nSPS) is 10.3. The van der Waals surface area contributed by atoms with Gasteiger partial charge in [0.05, 0.1) is 31.5 Å². The number of nitrogens with zero attached hydrogens (tertiary/aromatic N) is 1. The zero-order valence-electron chi connectivity index (χ0n) is 16.3. The lowest BCUT2D eigenvalue weighted by molar-refractivity contribution is 0.0954. The fourth-order valence-electron chi connectivity index (χ4n) is 2.39. The molecule has 0 heterocycles. The molecule has 0 radical (unpaired) electrons. The quantitative estimate of drug-likeness (QED) is 0.351. The van der Waals surface area contributed by atoms with Crippen LogP contribution in [0.3, 0.4) is 0 Å². The molecule has 0 aliphatic rings. The number of nitrogens with one attached hydrogen (secondary N) is 1. The van der Waals surface area contributed by atoms with Crippen molar-refractivity contribution in [2.24, 2.45) is 5.10 Å². The minimum atomic E-state index is -0.389. The Balaban J connectivity index is 2.15. The van der Waals surface area contributed by atoms with Crippen molar-refractivity contribution in [2.45, 2.75) is 6.92 Å². The summed E-state index contributed by atoms with van der Waals surface area (Å²) < 4.78 is 22.1. The number of carbonyl (C=O) groups excluding carboxylic acids is 1. The zero-order chi connectivity index (χ0) is 21.2. The van der Waals surface area contributed by atoms with Gasteiger partial charge in [-0.2, -0.15) is 5.10 Å². The van der Waals surface area contributed by atoms with Crippen LogP contribution in [0.2, 0.25) is 0 Å². The summed E-state index contributed by atoms with van der Waals surface area (Å²) in [6, 6.07) is 8.36. The fourth-order valence-corrected chi connectivity index (χ4v) is 2.96. The standard InChI is InChI=1S/C21H21BrN2O5/c1-5-9-29-20-16(22)10-14(11-19(20)28-6-2)13-23-24-21(25)15-7-8-17(26-3)18(12-15)27-4/h1,7-8,10-13H,6,9H2,2-4H3,(H,24,25)/b23-13+. The van der Waals surface area contributed by atoms with Crippen LogP contribution in [0.5, 0.6) is 23.0 Å². The predicted molar refractivity (Wildman–Crippen MR) is 114 cm³/mol. The average Bonchev–Trinajstić information content (AvgIpc) is 2.72. The maximum atomic E-state index is 12.3.